The molecular formula is C24H29BrFN3O3. The second-order valence-electron chi connectivity index (χ2n) is 9.01. The van der Waals surface area contributed by atoms with Crippen LogP contribution < -0.4 is 10.1 Å². The molecule has 2 heterocycles. The van der Waals surface area contributed by atoms with Crippen molar-refractivity contribution in [2.45, 2.75) is 70.6 Å². The molecule has 8 heteroatoms. The maximum atomic E-state index is 14.0. The summed E-state index contributed by atoms with van der Waals surface area (Å²) in [5.41, 5.74) is 0.824. The van der Waals surface area contributed by atoms with Gasteiger partial charge < -0.3 is 14.8 Å². The van der Waals surface area contributed by atoms with Crippen molar-refractivity contribution in [2.75, 3.05) is 0 Å². The number of hydrogen-bond acceptors (Lipinski definition) is 5. The van der Waals surface area contributed by atoms with Crippen LogP contribution in [0.3, 0.4) is 0 Å². The molecule has 2 atom stereocenters. The number of carbonyl (C=O) groups is 1. The molecule has 0 saturated carbocycles. The van der Waals surface area contributed by atoms with Crippen molar-refractivity contribution in [2.24, 2.45) is 0 Å². The highest BCUT2D eigenvalue weighted by Gasteiger charge is 2.49. The van der Waals surface area contributed by atoms with Crippen LogP contribution >= 0.6 is 15.9 Å². The number of allylic oxidation sites excluding steroid dienone is 1. The first-order valence-corrected chi connectivity index (χ1v) is 11.5. The fourth-order valence-electron chi connectivity index (χ4n) is 3.96. The number of nitrogens with one attached hydrogen (secondary N) is 1. The van der Waals surface area contributed by atoms with Gasteiger partial charge in [-0.1, -0.05) is 26.0 Å². The fourth-order valence-corrected chi connectivity index (χ4v) is 4.16. The molecule has 32 heavy (non-hydrogen) atoms. The lowest BCUT2D eigenvalue weighted by Gasteiger charge is -2.35. The van der Waals surface area contributed by atoms with Crippen LogP contribution in [0.4, 0.5) is 9.18 Å². The Morgan fingerprint density at radius 1 is 1.31 bits per heavy atom. The van der Waals surface area contributed by atoms with Gasteiger partial charge in [-0.3, -0.25) is 4.98 Å². The van der Waals surface area contributed by atoms with Gasteiger partial charge in [0.05, 0.1) is 18.1 Å². The summed E-state index contributed by atoms with van der Waals surface area (Å²) in [5.74, 6) is 0.0511. The van der Waals surface area contributed by atoms with Crippen molar-refractivity contribution in [3.05, 3.63) is 58.8 Å². The molecule has 0 saturated heterocycles. The molecule has 1 N–H and O–H groups in total. The topological polar surface area (TPSA) is 73.3 Å². The Kier molecular flexibility index (Phi) is 7.22. The van der Waals surface area contributed by atoms with E-state index in [1.54, 1.807) is 18.5 Å². The van der Waals surface area contributed by atoms with Gasteiger partial charge >= 0.3 is 6.09 Å². The van der Waals surface area contributed by atoms with Crippen LogP contribution in [0.1, 0.15) is 70.7 Å². The van der Waals surface area contributed by atoms with E-state index in [1.165, 1.54) is 12.1 Å². The van der Waals surface area contributed by atoms with E-state index < -0.39 is 23.3 Å². The van der Waals surface area contributed by atoms with Crippen LogP contribution in [-0.4, -0.2) is 27.3 Å². The van der Waals surface area contributed by atoms with E-state index >= 15 is 0 Å². The number of benzene rings is 1. The quantitative estimate of drug-likeness (QED) is 0.473. The number of carbonyl (C=O) groups excluding carboxylic acids is 1. The Morgan fingerprint density at radius 3 is 2.69 bits per heavy atom. The molecule has 0 bridgehead atoms. The number of aromatic nitrogens is 2. The van der Waals surface area contributed by atoms with Gasteiger partial charge in [0.1, 0.15) is 33.4 Å². The molecule has 0 aliphatic carbocycles. The summed E-state index contributed by atoms with van der Waals surface area (Å²) in [6, 6.07) is 3.92. The van der Waals surface area contributed by atoms with Crippen LogP contribution in [-0.2, 0) is 4.74 Å². The summed E-state index contributed by atoms with van der Waals surface area (Å²) in [4.78, 5) is 21.2. The van der Waals surface area contributed by atoms with Gasteiger partial charge in [0, 0.05) is 11.6 Å². The average molecular weight is 506 g/mol. The van der Waals surface area contributed by atoms with Crippen molar-refractivity contribution in [3.8, 4) is 5.75 Å². The lowest BCUT2D eigenvalue weighted by atomic mass is 9.82. The predicted octanol–water partition coefficient (Wildman–Crippen LogP) is 6.37. The molecule has 0 spiro atoms. The molecule has 1 aliphatic rings. The normalized spacial score (nSPS) is 19.8. The van der Waals surface area contributed by atoms with E-state index in [-0.39, 0.29) is 5.82 Å². The monoisotopic (exact) mass is 505 g/mol. The SMILES string of the molecule is C=C(CCC1(CCC)Oc2cc(F)ccc2[C@H]1NC(=O)OC(C)(C)C)c1cnc(Br)cn1. The molecule has 0 radical (unpaired) electrons. The van der Waals surface area contributed by atoms with Gasteiger partial charge in [0.25, 0.3) is 0 Å². The van der Waals surface area contributed by atoms with Gasteiger partial charge in [0.2, 0.25) is 0 Å². The molecule has 1 unspecified atom stereocenters. The first-order chi connectivity index (χ1) is 15.0. The maximum Gasteiger partial charge on any atom is 0.408 e. The van der Waals surface area contributed by atoms with Gasteiger partial charge in [0.15, 0.2) is 0 Å². The van der Waals surface area contributed by atoms with Gasteiger partial charge in [-0.25, -0.2) is 14.2 Å². The standard InChI is InChI=1S/C24H29BrFN3O3/c1-6-10-24(11-9-15(2)18-13-28-20(25)14-27-18)21(29-22(30)32-23(3,4)5)17-8-7-16(26)12-19(17)31-24/h7-8,12-14,21H,2,6,9-11H2,1,3-5H3,(H,29,30)/t21-,24?/m1/s1. The van der Waals surface area contributed by atoms with Crippen LogP contribution in [0.5, 0.6) is 5.75 Å². The summed E-state index contributed by atoms with van der Waals surface area (Å²) < 4.78 is 26.5. The minimum atomic E-state index is -0.770. The van der Waals surface area contributed by atoms with Crippen molar-refractivity contribution in [3.63, 3.8) is 0 Å². The molecule has 0 fully saturated rings. The van der Waals surface area contributed by atoms with Crippen molar-refractivity contribution >= 4 is 27.6 Å². The third-order valence-electron chi connectivity index (χ3n) is 5.29. The number of fused-ring (bicyclic) bond motifs is 1. The van der Waals surface area contributed by atoms with Crippen LogP contribution in [0.25, 0.3) is 5.57 Å². The van der Waals surface area contributed by atoms with E-state index in [4.69, 9.17) is 9.47 Å². The zero-order valence-corrected chi connectivity index (χ0v) is 20.5. The molecule has 1 aromatic carbocycles. The van der Waals surface area contributed by atoms with E-state index in [9.17, 15) is 9.18 Å². The highest BCUT2D eigenvalue weighted by molar-refractivity contribution is 9.10. The number of rotatable bonds is 7. The van der Waals surface area contributed by atoms with Crippen molar-refractivity contribution in [1.82, 2.24) is 15.3 Å². The molecular weight excluding hydrogens is 477 g/mol. The first kappa shape index (κ1) is 24.2. The number of halogens is 2. The zero-order chi connectivity index (χ0) is 23.5. The summed E-state index contributed by atoms with van der Waals surface area (Å²) >= 11 is 3.28. The van der Waals surface area contributed by atoms with Crippen molar-refractivity contribution in [1.29, 1.82) is 0 Å². The van der Waals surface area contributed by atoms with Gasteiger partial charge in [-0.05, 0) is 67.6 Å². The number of ether oxygens (including phenoxy) is 2. The largest absolute Gasteiger partial charge is 0.484 e. The molecule has 172 valence electrons. The Bertz CT molecular complexity index is 991. The number of alkyl carbamates (subject to hydrolysis) is 1. The molecule has 2 aromatic rings. The lowest BCUT2D eigenvalue weighted by Crippen LogP contribution is -2.47. The molecule has 1 amide bonds. The minimum Gasteiger partial charge on any atom is -0.484 e. The number of amides is 1. The smallest absolute Gasteiger partial charge is 0.408 e. The molecule has 6 nitrogen and oxygen atoms in total. The van der Waals surface area contributed by atoms with Gasteiger partial charge in [-0.2, -0.15) is 0 Å². The summed E-state index contributed by atoms with van der Waals surface area (Å²) in [7, 11) is 0. The summed E-state index contributed by atoms with van der Waals surface area (Å²) in [6.07, 6.45) is 5.33. The zero-order valence-electron chi connectivity index (χ0n) is 18.9. The van der Waals surface area contributed by atoms with E-state index in [2.05, 4.69) is 37.8 Å². The van der Waals surface area contributed by atoms with E-state index in [1.807, 2.05) is 27.7 Å². The Labute approximate surface area is 196 Å². The van der Waals surface area contributed by atoms with Gasteiger partial charge in [-0.15, -0.1) is 0 Å². The van der Waals surface area contributed by atoms with E-state index in [0.717, 1.165) is 17.6 Å². The first-order valence-electron chi connectivity index (χ1n) is 10.7. The lowest BCUT2D eigenvalue weighted by molar-refractivity contribution is 0.0191. The fraction of sp³-hybridized carbons (Fsp3) is 0.458. The minimum absolute atomic E-state index is 0.387. The van der Waals surface area contributed by atoms with Crippen LogP contribution in [0.15, 0.2) is 41.8 Å². The maximum absolute atomic E-state index is 14.0. The third kappa shape index (κ3) is 5.65. The molecule has 1 aromatic heterocycles. The molecule has 1 aliphatic heterocycles. The second kappa shape index (κ2) is 9.57. The second-order valence-corrected chi connectivity index (χ2v) is 9.82. The van der Waals surface area contributed by atoms with Crippen LogP contribution in [0, 0.1) is 5.82 Å². The predicted molar refractivity (Wildman–Crippen MR) is 125 cm³/mol. The Morgan fingerprint density at radius 2 is 2.06 bits per heavy atom. The van der Waals surface area contributed by atoms with Crippen molar-refractivity contribution < 1.29 is 18.7 Å². The average Bonchev–Trinajstić information content (AvgIpc) is 2.98. The number of hydrogen-bond donors (Lipinski definition) is 1. The Balaban J connectivity index is 1.88. The Hall–Kier alpha value is -2.48. The third-order valence-corrected chi connectivity index (χ3v) is 5.70. The highest BCUT2D eigenvalue weighted by Crippen LogP contribution is 2.49. The molecule has 3 rings (SSSR count). The van der Waals surface area contributed by atoms with Crippen LogP contribution in [0.2, 0.25) is 0 Å². The highest BCUT2D eigenvalue weighted by atomic mass is 79.9. The van der Waals surface area contributed by atoms with E-state index in [0.29, 0.717) is 35.3 Å². The number of nitrogens with zero attached hydrogens (tertiary/aromatic N) is 2. The summed E-state index contributed by atoms with van der Waals surface area (Å²) in [5, 5.41) is 2.99. The summed E-state index contributed by atoms with van der Waals surface area (Å²) in [6.45, 7) is 11.6.